The zero-order valence-corrected chi connectivity index (χ0v) is 6.17. The lowest BCUT2D eigenvalue weighted by Crippen LogP contribution is -2.14. The molecule has 0 aromatic heterocycles. The van der Waals surface area contributed by atoms with E-state index in [1.54, 1.807) is 20.8 Å². The molecule has 0 rings (SSSR count). The first-order chi connectivity index (χ1) is 3.42. The van der Waals surface area contributed by atoms with Gasteiger partial charge in [-0.15, -0.1) is 0 Å². The minimum Gasteiger partial charge on any atom is -0.380 e. The number of hydrogen-bond donors (Lipinski definition) is 2. The van der Waals surface area contributed by atoms with Gasteiger partial charge < -0.3 is 5.11 Å². The van der Waals surface area contributed by atoms with Crippen LogP contribution >= 0.6 is 11.8 Å². The standard InChI is InChI=1S/C5H11NOS/c1-4(6)8-5(2,3)7/h6-7H,1-3H3. The molecular weight excluding hydrogens is 122 g/mol. The molecule has 0 aromatic rings. The average Bonchev–Trinajstić information content (AvgIpc) is 1.21. The van der Waals surface area contributed by atoms with Gasteiger partial charge in [0.15, 0.2) is 0 Å². The van der Waals surface area contributed by atoms with E-state index in [1.807, 2.05) is 0 Å². The van der Waals surface area contributed by atoms with Crippen LogP contribution in [0.5, 0.6) is 0 Å². The molecule has 8 heavy (non-hydrogen) atoms. The van der Waals surface area contributed by atoms with Crippen molar-refractivity contribution in [3.05, 3.63) is 0 Å². The van der Waals surface area contributed by atoms with Crippen LogP contribution in [-0.2, 0) is 0 Å². The van der Waals surface area contributed by atoms with Crippen LogP contribution in [-0.4, -0.2) is 15.1 Å². The predicted molar refractivity (Wildman–Crippen MR) is 37.3 cm³/mol. The van der Waals surface area contributed by atoms with Crippen molar-refractivity contribution in [1.82, 2.24) is 0 Å². The largest absolute Gasteiger partial charge is 0.380 e. The van der Waals surface area contributed by atoms with E-state index in [4.69, 9.17) is 10.5 Å². The molecule has 3 heteroatoms. The molecule has 0 aliphatic heterocycles. The molecule has 0 unspecified atom stereocenters. The van der Waals surface area contributed by atoms with Gasteiger partial charge in [0.2, 0.25) is 0 Å². The molecule has 2 nitrogen and oxygen atoms in total. The Morgan fingerprint density at radius 1 is 1.62 bits per heavy atom. The lowest BCUT2D eigenvalue weighted by molar-refractivity contribution is 0.180. The summed E-state index contributed by atoms with van der Waals surface area (Å²) in [5.41, 5.74) is 0. The van der Waals surface area contributed by atoms with Crippen molar-refractivity contribution in [3.8, 4) is 0 Å². The van der Waals surface area contributed by atoms with Gasteiger partial charge in [0.25, 0.3) is 0 Å². The predicted octanol–water partition coefficient (Wildman–Crippen LogP) is 1.45. The molecule has 0 saturated carbocycles. The Balaban J connectivity index is 3.55. The molecule has 0 bridgehead atoms. The molecule has 0 aliphatic carbocycles. The van der Waals surface area contributed by atoms with E-state index in [9.17, 15) is 0 Å². The summed E-state index contributed by atoms with van der Waals surface area (Å²) < 4.78 is 0. The van der Waals surface area contributed by atoms with Crippen LogP contribution in [0.4, 0.5) is 0 Å². The maximum atomic E-state index is 9.01. The van der Waals surface area contributed by atoms with Gasteiger partial charge in [0.05, 0.1) is 5.04 Å². The second kappa shape index (κ2) is 2.51. The second-order valence-corrected chi connectivity index (χ2v) is 3.92. The van der Waals surface area contributed by atoms with Gasteiger partial charge in [-0.3, -0.25) is 5.41 Å². The van der Waals surface area contributed by atoms with Gasteiger partial charge in [-0.1, -0.05) is 11.8 Å². The van der Waals surface area contributed by atoms with Crippen molar-refractivity contribution < 1.29 is 5.11 Å². The molecule has 0 radical (unpaired) electrons. The fraction of sp³-hybridized carbons (Fsp3) is 0.800. The Bertz CT molecular complexity index is 95.1. The highest BCUT2D eigenvalue weighted by Gasteiger charge is 2.12. The third-order valence-electron chi connectivity index (χ3n) is 0.403. The summed E-state index contributed by atoms with van der Waals surface area (Å²) in [5, 5.41) is 16.4. The molecule has 0 atom stereocenters. The van der Waals surface area contributed by atoms with Crippen molar-refractivity contribution in [2.24, 2.45) is 0 Å². The topological polar surface area (TPSA) is 44.1 Å². The molecular formula is C5H11NOS. The number of aliphatic hydroxyl groups is 1. The van der Waals surface area contributed by atoms with E-state index in [1.165, 1.54) is 0 Å². The Kier molecular flexibility index (Phi) is 2.50. The van der Waals surface area contributed by atoms with Crippen molar-refractivity contribution in [1.29, 1.82) is 5.41 Å². The van der Waals surface area contributed by atoms with E-state index >= 15 is 0 Å². The van der Waals surface area contributed by atoms with E-state index in [0.29, 0.717) is 5.04 Å². The minimum atomic E-state index is -0.786. The lowest BCUT2D eigenvalue weighted by atomic mass is 10.5. The van der Waals surface area contributed by atoms with Crippen molar-refractivity contribution in [2.45, 2.75) is 25.7 Å². The van der Waals surface area contributed by atoms with Crippen LogP contribution in [0.1, 0.15) is 20.8 Å². The zero-order chi connectivity index (χ0) is 6.78. The highest BCUT2D eigenvalue weighted by atomic mass is 32.2. The van der Waals surface area contributed by atoms with Crippen molar-refractivity contribution >= 4 is 16.8 Å². The maximum absolute atomic E-state index is 9.01. The van der Waals surface area contributed by atoms with Crippen LogP contribution in [0.15, 0.2) is 0 Å². The van der Waals surface area contributed by atoms with E-state index < -0.39 is 4.93 Å². The summed E-state index contributed by atoms with van der Waals surface area (Å²) in [6.07, 6.45) is 0. The van der Waals surface area contributed by atoms with Crippen LogP contribution in [0, 0.1) is 5.41 Å². The smallest absolute Gasteiger partial charge is 0.110 e. The number of hydrogen-bond acceptors (Lipinski definition) is 3. The second-order valence-electron chi connectivity index (χ2n) is 2.10. The highest BCUT2D eigenvalue weighted by Crippen LogP contribution is 2.20. The van der Waals surface area contributed by atoms with Gasteiger partial charge in [-0.2, -0.15) is 0 Å². The summed E-state index contributed by atoms with van der Waals surface area (Å²) in [6, 6.07) is 0. The Hall–Kier alpha value is -0.0200. The molecule has 0 fully saturated rings. The molecule has 0 amide bonds. The molecule has 0 saturated heterocycles. The van der Waals surface area contributed by atoms with E-state index in [0.717, 1.165) is 11.8 Å². The summed E-state index contributed by atoms with van der Waals surface area (Å²) in [6.45, 7) is 4.98. The highest BCUT2D eigenvalue weighted by molar-refractivity contribution is 8.14. The molecule has 0 aliphatic rings. The zero-order valence-electron chi connectivity index (χ0n) is 5.36. The van der Waals surface area contributed by atoms with Gasteiger partial charge in [0, 0.05) is 0 Å². The molecule has 48 valence electrons. The summed E-state index contributed by atoms with van der Waals surface area (Å²) >= 11 is 1.15. The van der Waals surface area contributed by atoms with Crippen molar-refractivity contribution in [2.75, 3.05) is 0 Å². The lowest BCUT2D eigenvalue weighted by Gasteiger charge is -2.13. The Morgan fingerprint density at radius 2 is 2.00 bits per heavy atom. The molecule has 0 spiro atoms. The van der Waals surface area contributed by atoms with Crippen LogP contribution in [0.2, 0.25) is 0 Å². The maximum Gasteiger partial charge on any atom is 0.110 e. The van der Waals surface area contributed by atoms with Crippen molar-refractivity contribution in [3.63, 3.8) is 0 Å². The van der Waals surface area contributed by atoms with Gasteiger partial charge >= 0.3 is 0 Å². The molecule has 0 heterocycles. The normalized spacial score (nSPS) is 11.5. The van der Waals surface area contributed by atoms with Gasteiger partial charge in [-0.25, -0.2) is 0 Å². The van der Waals surface area contributed by atoms with Gasteiger partial charge in [-0.05, 0) is 20.8 Å². The first-order valence-electron chi connectivity index (χ1n) is 2.38. The van der Waals surface area contributed by atoms with Crippen LogP contribution in [0.3, 0.4) is 0 Å². The molecule has 2 N–H and O–H groups in total. The summed E-state index contributed by atoms with van der Waals surface area (Å²) in [5.74, 6) is 0. The fourth-order valence-corrected chi connectivity index (χ4v) is 1.12. The Morgan fingerprint density at radius 3 is 2.00 bits per heavy atom. The van der Waals surface area contributed by atoms with Gasteiger partial charge in [0.1, 0.15) is 4.93 Å². The van der Waals surface area contributed by atoms with Crippen LogP contribution < -0.4 is 0 Å². The first kappa shape index (κ1) is 7.98. The Labute approximate surface area is 53.8 Å². The average molecular weight is 133 g/mol. The summed E-state index contributed by atoms with van der Waals surface area (Å²) in [7, 11) is 0. The SMILES string of the molecule is CC(=N)SC(C)(C)O. The number of nitrogens with one attached hydrogen (secondary N) is 1. The quantitative estimate of drug-likeness (QED) is 0.323. The third kappa shape index (κ3) is 5.98. The monoisotopic (exact) mass is 133 g/mol. The molecule has 0 aromatic carbocycles. The summed E-state index contributed by atoms with van der Waals surface area (Å²) in [4.78, 5) is -0.786. The van der Waals surface area contributed by atoms with Crippen LogP contribution in [0.25, 0.3) is 0 Å². The van der Waals surface area contributed by atoms with E-state index in [2.05, 4.69) is 0 Å². The van der Waals surface area contributed by atoms with E-state index in [-0.39, 0.29) is 0 Å². The number of rotatable bonds is 1. The number of thioether (sulfide) groups is 1. The first-order valence-corrected chi connectivity index (χ1v) is 3.20. The third-order valence-corrected chi connectivity index (χ3v) is 1.21. The fourth-order valence-electron chi connectivity index (χ4n) is 0.375. The minimum absolute atomic E-state index is 0.442.